The number of ketones is 1. The molecule has 2 rings (SSSR count). The number of hydrogen-bond donors (Lipinski definition) is 2. The van der Waals surface area contributed by atoms with Gasteiger partial charge in [-0.3, -0.25) is 4.79 Å². The van der Waals surface area contributed by atoms with E-state index in [9.17, 15) is 15.0 Å². The quantitative estimate of drug-likeness (QED) is 0.846. The molecule has 0 radical (unpaired) electrons. The third kappa shape index (κ3) is 3.00. The summed E-state index contributed by atoms with van der Waals surface area (Å²) in [7, 11) is 0. The summed E-state index contributed by atoms with van der Waals surface area (Å²) in [4.78, 5) is 12.1. The third-order valence-electron chi connectivity index (χ3n) is 2.67. The summed E-state index contributed by atoms with van der Waals surface area (Å²) in [6.45, 7) is 0. The van der Waals surface area contributed by atoms with Crippen LogP contribution in [0.5, 0.6) is 11.5 Å². The number of carbonyl (C=O) groups is 1. The van der Waals surface area contributed by atoms with Crippen LogP contribution in [0, 0.1) is 0 Å². The van der Waals surface area contributed by atoms with Crippen LogP contribution in [0.4, 0.5) is 0 Å². The largest absolute Gasteiger partial charge is 0.507 e. The number of aromatic hydroxyl groups is 2. The maximum absolute atomic E-state index is 12.1. The molecule has 0 bridgehead atoms. The maximum Gasteiger partial charge on any atom is 0.171 e. The Hall–Kier alpha value is -1.71. The van der Waals surface area contributed by atoms with E-state index in [2.05, 4.69) is 0 Å². The van der Waals surface area contributed by atoms with Crippen LogP contribution < -0.4 is 0 Å². The van der Waals surface area contributed by atoms with Gasteiger partial charge in [-0.2, -0.15) is 0 Å². The van der Waals surface area contributed by atoms with Crippen molar-refractivity contribution in [2.45, 2.75) is 6.42 Å². The van der Waals surface area contributed by atoms with Gasteiger partial charge in [0.05, 0.1) is 10.6 Å². The smallest absolute Gasteiger partial charge is 0.171 e. The van der Waals surface area contributed by atoms with Crippen molar-refractivity contribution >= 4 is 29.0 Å². The second-order valence-corrected chi connectivity index (χ2v) is 4.83. The molecule has 98 valence electrons. The fourth-order valence-electron chi connectivity index (χ4n) is 1.68. The molecule has 2 aromatic rings. The summed E-state index contributed by atoms with van der Waals surface area (Å²) in [6.07, 6.45) is 0.0499. The van der Waals surface area contributed by atoms with Gasteiger partial charge in [0, 0.05) is 17.5 Å². The van der Waals surface area contributed by atoms with Crippen molar-refractivity contribution in [2.24, 2.45) is 0 Å². The molecule has 2 aromatic carbocycles. The number of hydrogen-bond acceptors (Lipinski definition) is 3. The highest BCUT2D eigenvalue weighted by molar-refractivity contribution is 6.32. The topological polar surface area (TPSA) is 57.5 Å². The molecule has 0 aromatic heterocycles. The van der Waals surface area contributed by atoms with E-state index >= 15 is 0 Å². The molecule has 0 aliphatic rings. The van der Waals surface area contributed by atoms with E-state index in [1.165, 1.54) is 6.07 Å². The van der Waals surface area contributed by atoms with E-state index in [1.54, 1.807) is 24.3 Å². The van der Waals surface area contributed by atoms with Crippen molar-refractivity contribution in [1.82, 2.24) is 0 Å². The van der Waals surface area contributed by atoms with E-state index in [1.807, 2.05) is 0 Å². The molecule has 0 aliphatic heterocycles. The van der Waals surface area contributed by atoms with E-state index in [-0.39, 0.29) is 34.3 Å². The Morgan fingerprint density at radius 1 is 1.00 bits per heavy atom. The Balaban J connectivity index is 2.31. The highest BCUT2D eigenvalue weighted by Gasteiger charge is 2.16. The van der Waals surface area contributed by atoms with Crippen LogP contribution in [0.1, 0.15) is 15.9 Å². The molecule has 0 amide bonds. The van der Waals surface area contributed by atoms with Gasteiger partial charge in [0.1, 0.15) is 11.5 Å². The molecular weight excluding hydrogens is 287 g/mol. The molecule has 0 unspecified atom stereocenters. The zero-order chi connectivity index (χ0) is 14.0. The molecule has 0 spiro atoms. The first kappa shape index (κ1) is 13.7. The zero-order valence-corrected chi connectivity index (χ0v) is 11.2. The van der Waals surface area contributed by atoms with Crippen LogP contribution in [0.3, 0.4) is 0 Å². The molecule has 0 saturated carbocycles. The summed E-state index contributed by atoms with van der Waals surface area (Å²) >= 11 is 11.7. The van der Waals surface area contributed by atoms with E-state index in [4.69, 9.17) is 23.2 Å². The standard InChI is InChI=1S/C14H10Cl2O3/c15-10-4-2-1-3-8(10)5-12(17)9-6-11(16)14(19)7-13(9)18/h1-4,6-7,18-19H,5H2. The highest BCUT2D eigenvalue weighted by atomic mass is 35.5. The lowest BCUT2D eigenvalue weighted by atomic mass is 10.0. The predicted molar refractivity (Wildman–Crippen MR) is 74.3 cm³/mol. The number of Topliss-reactive ketones (excluding diaryl/α,β-unsaturated/α-hetero) is 1. The summed E-state index contributed by atoms with van der Waals surface area (Å²) in [5.41, 5.74) is 0.723. The van der Waals surface area contributed by atoms with Crippen molar-refractivity contribution in [3.63, 3.8) is 0 Å². The van der Waals surface area contributed by atoms with Crippen LogP contribution in [-0.2, 0) is 6.42 Å². The van der Waals surface area contributed by atoms with Crippen molar-refractivity contribution < 1.29 is 15.0 Å². The normalized spacial score (nSPS) is 10.4. The molecule has 0 heterocycles. The first-order valence-electron chi connectivity index (χ1n) is 5.47. The van der Waals surface area contributed by atoms with Gasteiger partial charge in [-0.05, 0) is 17.7 Å². The molecule has 0 atom stereocenters. The number of benzene rings is 2. The van der Waals surface area contributed by atoms with Crippen molar-refractivity contribution in [2.75, 3.05) is 0 Å². The minimum absolute atomic E-state index is 0.0142. The van der Waals surface area contributed by atoms with Gasteiger partial charge in [-0.15, -0.1) is 0 Å². The highest BCUT2D eigenvalue weighted by Crippen LogP contribution is 2.32. The summed E-state index contributed by atoms with van der Waals surface area (Å²) in [6, 6.07) is 9.25. The summed E-state index contributed by atoms with van der Waals surface area (Å²) < 4.78 is 0. The van der Waals surface area contributed by atoms with Gasteiger partial charge in [0.25, 0.3) is 0 Å². The summed E-state index contributed by atoms with van der Waals surface area (Å²) in [5.74, 6) is -0.903. The lowest BCUT2D eigenvalue weighted by molar-refractivity contribution is 0.0990. The number of phenolic OH excluding ortho intramolecular Hbond substituents is 2. The number of phenols is 2. The first-order chi connectivity index (χ1) is 8.99. The average molecular weight is 297 g/mol. The number of rotatable bonds is 3. The lowest BCUT2D eigenvalue weighted by Gasteiger charge is -2.07. The van der Waals surface area contributed by atoms with Crippen LogP contribution in [0.2, 0.25) is 10.0 Å². The third-order valence-corrected chi connectivity index (χ3v) is 3.35. The molecule has 2 N–H and O–H groups in total. The number of carbonyl (C=O) groups excluding carboxylic acids is 1. The van der Waals surface area contributed by atoms with Gasteiger partial charge in [-0.25, -0.2) is 0 Å². The Labute approximate surface area is 120 Å². The van der Waals surface area contributed by atoms with Crippen LogP contribution in [0.25, 0.3) is 0 Å². The van der Waals surface area contributed by atoms with E-state index < -0.39 is 0 Å². The number of halogens is 2. The molecule has 0 saturated heterocycles. The summed E-state index contributed by atoms with van der Waals surface area (Å²) in [5, 5.41) is 19.5. The van der Waals surface area contributed by atoms with Gasteiger partial charge in [0.2, 0.25) is 0 Å². The molecule has 5 heteroatoms. The lowest BCUT2D eigenvalue weighted by Crippen LogP contribution is -2.04. The zero-order valence-electron chi connectivity index (χ0n) is 9.73. The fourth-order valence-corrected chi connectivity index (χ4v) is 2.05. The van der Waals surface area contributed by atoms with Crippen LogP contribution in [-0.4, -0.2) is 16.0 Å². The molecule has 3 nitrogen and oxygen atoms in total. The van der Waals surface area contributed by atoms with E-state index in [0.717, 1.165) is 6.07 Å². The first-order valence-corrected chi connectivity index (χ1v) is 6.22. The Morgan fingerprint density at radius 3 is 2.37 bits per heavy atom. The maximum atomic E-state index is 12.1. The van der Waals surface area contributed by atoms with E-state index in [0.29, 0.717) is 10.6 Å². The molecular formula is C14H10Cl2O3. The second kappa shape index (κ2) is 5.51. The average Bonchev–Trinajstić information content (AvgIpc) is 2.36. The monoisotopic (exact) mass is 296 g/mol. The van der Waals surface area contributed by atoms with Gasteiger partial charge >= 0.3 is 0 Å². The second-order valence-electron chi connectivity index (χ2n) is 4.01. The Kier molecular flexibility index (Phi) is 3.98. The predicted octanol–water partition coefficient (Wildman–Crippen LogP) is 3.83. The molecule has 0 fully saturated rings. The van der Waals surface area contributed by atoms with Gasteiger partial charge < -0.3 is 10.2 Å². The molecule has 0 aliphatic carbocycles. The van der Waals surface area contributed by atoms with Crippen LogP contribution >= 0.6 is 23.2 Å². The van der Waals surface area contributed by atoms with Crippen molar-refractivity contribution in [1.29, 1.82) is 0 Å². The van der Waals surface area contributed by atoms with Crippen molar-refractivity contribution in [3.8, 4) is 11.5 Å². The minimum Gasteiger partial charge on any atom is -0.507 e. The minimum atomic E-state index is -0.326. The van der Waals surface area contributed by atoms with Gasteiger partial charge in [-0.1, -0.05) is 41.4 Å². The van der Waals surface area contributed by atoms with Gasteiger partial charge in [0.15, 0.2) is 5.78 Å². The Bertz CT molecular complexity index is 639. The van der Waals surface area contributed by atoms with Crippen LogP contribution in [0.15, 0.2) is 36.4 Å². The Morgan fingerprint density at radius 2 is 1.68 bits per heavy atom. The fraction of sp³-hybridized carbons (Fsp3) is 0.0714. The van der Waals surface area contributed by atoms with Crippen molar-refractivity contribution in [3.05, 3.63) is 57.6 Å². The SMILES string of the molecule is O=C(Cc1ccccc1Cl)c1cc(Cl)c(O)cc1O. The molecule has 19 heavy (non-hydrogen) atoms.